The van der Waals surface area contributed by atoms with Crippen molar-refractivity contribution in [1.82, 2.24) is 14.7 Å². The van der Waals surface area contributed by atoms with Crippen molar-refractivity contribution < 1.29 is 19.1 Å². The van der Waals surface area contributed by atoms with Crippen LogP contribution in [-0.2, 0) is 14.3 Å². The van der Waals surface area contributed by atoms with Crippen molar-refractivity contribution in [1.29, 1.82) is 0 Å². The zero-order valence-electron chi connectivity index (χ0n) is 21.6. The lowest BCUT2D eigenvalue weighted by Crippen LogP contribution is -2.56. The van der Waals surface area contributed by atoms with Crippen LogP contribution in [0, 0.1) is 11.8 Å². The lowest BCUT2D eigenvalue weighted by atomic mass is 9.80. The molecule has 4 atom stereocenters. The average molecular weight is 483 g/mol. The topological polar surface area (TPSA) is 74.7 Å². The second-order valence-electron chi connectivity index (χ2n) is 10.5. The molecule has 0 radical (unpaired) electrons. The van der Waals surface area contributed by atoms with Crippen molar-refractivity contribution in [2.24, 2.45) is 16.8 Å². The van der Waals surface area contributed by atoms with E-state index in [0.29, 0.717) is 32.6 Å². The number of methoxy groups -OCH3 is 2. The van der Waals surface area contributed by atoms with Crippen LogP contribution in [0.4, 0.5) is 4.79 Å². The van der Waals surface area contributed by atoms with E-state index in [9.17, 15) is 9.59 Å². The number of aliphatic imine (C=N–C) groups is 1. The summed E-state index contributed by atoms with van der Waals surface area (Å²) in [7, 11) is 3.43. The Morgan fingerprint density at radius 2 is 1.97 bits per heavy atom. The first-order valence-corrected chi connectivity index (χ1v) is 13.0. The molecule has 4 heterocycles. The average Bonchev–Trinajstić information content (AvgIpc) is 3.32. The number of amides is 3. The molecule has 2 saturated heterocycles. The summed E-state index contributed by atoms with van der Waals surface area (Å²) in [5, 5.41) is 0. The first-order valence-electron chi connectivity index (χ1n) is 13.0. The van der Waals surface area contributed by atoms with Crippen molar-refractivity contribution in [2.45, 2.75) is 64.1 Å². The molecule has 0 N–H and O–H groups in total. The zero-order chi connectivity index (χ0) is 24.9. The number of carbonyl (C=O) groups is 2. The molecule has 1 aliphatic carbocycles. The van der Waals surface area contributed by atoms with Gasteiger partial charge in [-0.3, -0.25) is 14.7 Å². The number of allylic oxidation sites excluding steroid dienone is 1. The molecule has 5 rings (SSSR count). The van der Waals surface area contributed by atoms with Gasteiger partial charge in [0.25, 0.3) is 0 Å². The molecule has 8 heteroatoms. The summed E-state index contributed by atoms with van der Waals surface area (Å²) in [6, 6.07) is -0.200. The quantitative estimate of drug-likeness (QED) is 0.616. The third kappa shape index (κ3) is 3.72. The number of hydrogen-bond donors (Lipinski definition) is 0. The fraction of sp³-hybridized carbons (Fsp3) is 0.667. The maximum atomic E-state index is 13.8. The van der Waals surface area contributed by atoms with Gasteiger partial charge in [-0.2, -0.15) is 0 Å². The van der Waals surface area contributed by atoms with Crippen LogP contribution in [0.5, 0.6) is 0 Å². The third-order valence-electron chi connectivity index (χ3n) is 8.71. The standard InChI is InChI=1S/C27H38N4O4/c1-6-31-26(33)30-16-19-14-20(34-4)15-21(35-5)23(19)18(3)13-22(30)27(31)8-11-29(12-9-27)25(32)24-17(2)7-10-28-24/h10,13-14,17-18,21,24H,6-9,11-12,15-16H2,1-5H3. The molecule has 1 spiro atoms. The minimum absolute atomic E-state index is 0.0559. The van der Waals surface area contributed by atoms with Crippen LogP contribution in [0.15, 0.2) is 39.7 Å². The first kappa shape index (κ1) is 24.1. The van der Waals surface area contributed by atoms with Gasteiger partial charge in [-0.25, -0.2) is 4.79 Å². The van der Waals surface area contributed by atoms with Crippen LogP contribution in [0.2, 0.25) is 0 Å². The Balaban J connectivity index is 1.45. The molecule has 0 saturated carbocycles. The summed E-state index contributed by atoms with van der Waals surface area (Å²) in [6.45, 7) is 8.80. The van der Waals surface area contributed by atoms with Crippen LogP contribution in [0.3, 0.4) is 0 Å². The Kier molecular flexibility index (Phi) is 6.28. The molecule has 0 aromatic carbocycles. The highest BCUT2D eigenvalue weighted by atomic mass is 16.5. The summed E-state index contributed by atoms with van der Waals surface area (Å²) in [5.74, 6) is 1.41. The van der Waals surface area contributed by atoms with Gasteiger partial charge in [0, 0.05) is 51.0 Å². The van der Waals surface area contributed by atoms with Crippen molar-refractivity contribution in [3.63, 3.8) is 0 Å². The summed E-state index contributed by atoms with van der Waals surface area (Å²) in [5.41, 5.74) is 3.06. The first-order chi connectivity index (χ1) is 16.8. The number of urea groups is 1. The number of likely N-dealkylation sites (N-methyl/N-ethyl adjacent to an activating group) is 1. The van der Waals surface area contributed by atoms with E-state index >= 15 is 0 Å². The molecule has 5 aliphatic rings. The Labute approximate surface area is 208 Å². The lowest BCUT2D eigenvalue weighted by molar-refractivity contribution is -0.135. The lowest BCUT2D eigenvalue weighted by Gasteiger charge is -2.45. The van der Waals surface area contributed by atoms with E-state index < -0.39 is 0 Å². The maximum absolute atomic E-state index is 13.8. The van der Waals surface area contributed by atoms with E-state index in [0.717, 1.165) is 36.3 Å². The van der Waals surface area contributed by atoms with Crippen molar-refractivity contribution in [3.05, 3.63) is 34.8 Å². The summed E-state index contributed by atoms with van der Waals surface area (Å²) >= 11 is 0. The van der Waals surface area contributed by atoms with E-state index in [1.807, 2.05) is 20.9 Å². The number of piperidine rings is 1. The molecule has 4 aliphatic heterocycles. The van der Waals surface area contributed by atoms with E-state index in [-0.39, 0.29) is 41.5 Å². The van der Waals surface area contributed by atoms with Crippen molar-refractivity contribution in [2.75, 3.05) is 40.4 Å². The zero-order valence-corrected chi connectivity index (χ0v) is 21.6. The molecular weight excluding hydrogens is 444 g/mol. The molecule has 0 aromatic rings. The number of nitrogens with zero attached hydrogens (tertiary/aromatic N) is 4. The molecule has 4 unspecified atom stereocenters. The molecule has 8 nitrogen and oxygen atoms in total. The summed E-state index contributed by atoms with van der Waals surface area (Å²) in [6.07, 6.45) is 9.27. The van der Waals surface area contributed by atoms with Crippen molar-refractivity contribution in [3.8, 4) is 0 Å². The minimum Gasteiger partial charge on any atom is -0.501 e. The van der Waals surface area contributed by atoms with Gasteiger partial charge in [0.05, 0.1) is 31.1 Å². The Hall–Kier alpha value is -2.61. The van der Waals surface area contributed by atoms with E-state index in [2.05, 4.69) is 37.9 Å². The second-order valence-corrected chi connectivity index (χ2v) is 10.5. The van der Waals surface area contributed by atoms with Gasteiger partial charge in [0.1, 0.15) is 6.04 Å². The van der Waals surface area contributed by atoms with Gasteiger partial charge in [0.15, 0.2) is 0 Å². The van der Waals surface area contributed by atoms with Crippen LogP contribution in [0.25, 0.3) is 0 Å². The highest BCUT2D eigenvalue weighted by molar-refractivity contribution is 5.86. The molecule has 0 aromatic heterocycles. The summed E-state index contributed by atoms with van der Waals surface area (Å²) < 4.78 is 11.5. The predicted molar refractivity (Wildman–Crippen MR) is 134 cm³/mol. The molecule has 2 fully saturated rings. The monoisotopic (exact) mass is 482 g/mol. The minimum atomic E-state index is -0.383. The van der Waals surface area contributed by atoms with Crippen LogP contribution in [0.1, 0.15) is 46.5 Å². The largest absolute Gasteiger partial charge is 0.501 e. The smallest absolute Gasteiger partial charge is 0.325 e. The predicted octanol–water partition coefficient (Wildman–Crippen LogP) is 3.36. The van der Waals surface area contributed by atoms with Gasteiger partial charge in [-0.1, -0.05) is 19.9 Å². The number of hydrogen-bond acceptors (Lipinski definition) is 5. The molecule has 3 amide bonds. The Bertz CT molecular complexity index is 1020. The van der Waals surface area contributed by atoms with Gasteiger partial charge in [0.2, 0.25) is 5.91 Å². The fourth-order valence-corrected chi connectivity index (χ4v) is 6.80. The normalized spacial score (nSPS) is 31.9. The number of fused-ring (bicyclic) bond motifs is 2. The fourth-order valence-electron chi connectivity index (χ4n) is 6.80. The number of likely N-dealkylation sites (tertiary alicyclic amines) is 1. The van der Waals surface area contributed by atoms with Gasteiger partial charge >= 0.3 is 6.03 Å². The summed E-state index contributed by atoms with van der Waals surface area (Å²) in [4.78, 5) is 37.4. The highest BCUT2D eigenvalue weighted by Gasteiger charge is 2.55. The number of rotatable bonds is 4. The van der Waals surface area contributed by atoms with E-state index in [1.165, 1.54) is 5.57 Å². The molecular formula is C27H38N4O4. The number of carbonyl (C=O) groups excluding carboxylic acids is 2. The van der Waals surface area contributed by atoms with Crippen molar-refractivity contribution >= 4 is 18.2 Å². The Morgan fingerprint density at radius 3 is 2.57 bits per heavy atom. The molecule has 0 bridgehead atoms. The third-order valence-corrected chi connectivity index (χ3v) is 8.71. The van der Waals surface area contributed by atoms with Crippen LogP contribution < -0.4 is 0 Å². The van der Waals surface area contributed by atoms with Gasteiger partial charge in [-0.05, 0) is 49.3 Å². The van der Waals surface area contributed by atoms with E-state index in [1.54, 1.807) is 14.2 Å². The number of ether oxygens (including phenoxy) is 2. The second kappa shape index (κ2) is 9.12. The molecule has 35 heavy (non-hydrogen) atoms. The highest BCUT2D eigenvalue weighted by Crippen LogP contribution is 2.48. The molecule has 190 valence electrons. The van der Waals surface area contributed by atoms with Crippen LogP contribution in [-0.4, -0.2) is 90.9 Å². The maximum Gasteiger partial charge on any atom is 0.325 e. The van der Waals surface area contributed by atoms with Gasteiger partial charge < -0.3 is 19.3 Å². The SMILES string of the molecule is CCN1C(=O)N2CC3=C(C(C)C=C2C12CCN(C(=O)C1N=CCC1C)CC2)C(OC)CC(OC)=C3. The van der Waals surface area contributed by atoms with Crippen LogP contribution >= 0.6 is 0 Å². The Morgan fingerprint density at radius 1 is 1.23 bits per heavy atom. The van der Waals surface area contributed by atoms with E-state index in [4.69, 9.17) is 9.47 Å². The van der Waals surface area contributed by atoms with Gasteiger partial charge in [-0.15, -0.1) is 0 Å².